The van der Waals surface area contributed by atoms with Gasteiger partial charge in [-0.25, -0.2) is 4.39 Å². The lowest BCUT2D eigenvalue weighted by atomic mass is 10.0. The lowest BCUT2D eigenvalue weighted by Gasteiger charge is -2.31. The predicted molar refractivity (Wildman–Crippen MR) is 139 cm³/mol. The number of aromatic amines is 1. The van der Waals surface area contributed by atoms with Crippen LogP contribution in [0.25, 0.3) is 10.9 Å². The molecule has 0 aliphatic heterocycles. The molecule has 11 nitrogen and oxygen atoms in total. The molecule has 0 fully saturated rings. The van der Waals surface area contributed by atoms with Crippen LogP contribution in [-0.2, 0) is 14.3 Å². The number of nitrogens with one attached hydrogen (secondary N) is 2. The van der Waals surface area contributed by atoms with Crippen LogP contribution in [0.4, 0.5) is 15.8 Å². The Morgan fingerprint density at radius 1 is 1.16 bits per heavy atom. The molecule has 196 valence electrons. The topological polar surface area (TPSA) is 174 Å². The molecule has 3 amide bonds. The van der Waals surface area contributed by atoms with Gasteiger partial charge in [0.1, 0.15) is 23.3 Å². The van der Waals surface area contributed by atoms with Crippen molar-refractivity contribution < 1.29 is 28.3 Å². The van der Waals surface area contributed by atoms with Crippen LogP contribution in [0, 0.1) is 5.82 Å². The van der Waals surface area contributed by atoms with Crippen LogP contribution in [0.1, 0.15) is 38.7 Å². The smallest absolute Gasteiger partial charge is 0.325 e. The summed E-state index contributed by atoms with van der Waals surface area (Å²) in [5, 5.41) is 3.05. The average Bonchev–Trinajstić information content (AvgIpc) is 3.50. The fraction of sp³-hybridized carbons (Fsp3) is 0.160. The van der Waals surface area contributed by atoms with Crippen molar-refractivity contribution >= 4 is 57.5 Å². The number of hydrogen-bond acceptors (Lipinski definition) is 8. The monoisotopic (exact) mass is 538 g/mol. The van der Waals surface area contributed by atoms with E-state index in [2.05, 4.69) is 14.7 Å². The summed E-state index contributed by atoms with van der Waals surface area (Å²) in [6.07, 6.45) is 1.52. The van der Waals surface area contributed by atoms with E-state index in [9.17, 15) is 19.2 Å². The maximum absolute atomic E-state index is 15.2. The lowest BCUT2D eigenvalue weighted by molar-refractivity contribution is -0.143. The van der Waals surface area contributed by atoms with Crippen molar-refractivity contribution in [2.24, 2.45) is 5.73 Å². The second-order valence-corrected chi connectivity index (χ2v) is 8.75. The van der Waals surface area contributed by atoms with Gasteiger partial charge < -0.3 is 26.5 Å². The molecule has 4 aromatic rings. The van der Waals surface area contributed by atoms with Crippen molar-refractivity contribution in [3.05, 3.63) is 76.7 Å². The molecule has 6 N–H and O–H groups in total. The van der Waals surface area contributed by atoms with Gasteiger partial charge in [-0.1, -0.05) is 30.3 Å². The first kappa shape index (κ1) is 26.3. The van der Waals surface area contributed by atoms with E-state index in [1.165, 1.54) is 24.4 Å². The number of carbonyl (C=O) groups excluding carboxylic acids is 4. The summed E-state index contributed by atoms with van der Waals surface area (Å²) in [5.41, 5.74) is 11.4. The van der Waals surface area contributed by atoms with Crippen LogP contribution >= 0.6 is 11.5 Å². The summed E-state index contributed by atoms with van der Waals surface area (Å²) in [7, 11) is 0. The van der Waals surface area contributed by atoms with Gasteiger partial charge in [-0.05, 0) is 36.7 Å². The minimum Gasteiger partial charge on any atom is -0.465 e. The van der Waals surface area contributed by atoms with Gasteiger partial charge in [-0.2, -0.15) is 4.37 Å². The van der Waals surface area contributed by atoms with E-state index in [0.29, 0.717) is 28.0 Å². The molecule has 0 aliphatic carbocycles. The summed E-state index contributed by atoms with van der Waals surface area (Å²) >= 11 is 0.593. The minimum absolute atomic E-state index is 0.104. The standard InChI is InChI=1S/C25H23FN6O5S/c1-2-37-18(33)12-30-24(35)21(14-11-29-16-9-5-3-7-13(14)16)32(17-10-6-4-8-15(17)26)25(36)22-19(27)20(23(28)34)31-38-22/h3-11,21,29H,2,12,27H2,1H3,(H2,28,34)(H,30,35). The van der Waals surface area contributed by atoms with Crippen LogP contribution in [-0.4, -0.2) is 46.2 Å². The van der Waals surface area contributed by atoms with Crippen LogP contribution in [0.3, 0.4) is 0 Å². The molecule has 1 unspecified atom stereocenters. The number of rotatable bonds is 9. The molecular weight excluding hydrogens is 515 g/mol. The quantitative estimate of drug-likeness (QED) is 0.237. The summed E-state index contributed by atoms with van der Waals surface area (Å²) in [5.74, 6) is -4.14. The summed E-state index contributed by atoms with van der Waals surface area (Å²) in [6, 6.07) is 10.9. The van der Waals surface area contributed by atoms with Crippen molar-refractivity contribution in [2.75, 3.05) is 23.8 Å². The number of nitrogen functional groups attached to an aromatic ring is 1. The van der Waals surface area contributed by atoms with Gasteiger partial charge in [0.2, 0.25) is 5.91 Å². The summed E-state index contributed by atoms with van der Waals surface area (Å²) < 4.78 is 24.0. The first-order valence-corrected chi connectivity index (χ1v) is 12.1. The Balaban J connectivity index is 1.90. The van der Waals surface area contributed by atoms with Gasteiger partial charge in [0.25, 0.3) is 11.8 Å². The van der Waals surface area contributed by atoms with Crippen LogP contribution in [0.2, 0.25) is 0 Å². The Morgan fingerprint density at radius 3 is 2.55 bits per heavy atom. The third-order valence-corrected chi connectivity index (χ3v) is 6.47. The number of primary amides is 1. The fourth-order valence-electron chi connectivity index (χ4n) is 3.94. The fourth-order valence-corrected chi connectivity index (χ4v) is 4.68. The van der Waals surface area contributed by atoms with Crippen molar-refractivity contribution in [1.82, 2.24) is 14.7 Å². The van der Waals surface area contributed by atoms with E-state index >= 15 is 4.39 Å². The minimum atomic E-state index is -1.48. The Bertz CT molecular complexity index is 1530. The molecule has 0 spiro atoms. The Labute approximate surface area is 219 Å². The molecule has 0 saturated carbocycles. The highest BCUT2D eigenvalue weighted by molar-refractivity contribution is 7.09. The number of ether oxygens (including phenoxy) is 1. The number of carbonyl (C=O) groups is 4. The maximum Gasteiger partial charge on any atom is 0.325 e. The number of benzene rings is 2. The third-order valence-electron chi connectivity index (χ3n) is 5.62. The number of halogens is 1. The number of nitrogens with zero attached hydrogens (tertiary/aromatic N) is 2. The number of esters is 1. The first-order chi connectivity index (χ1) is 18.2. The molecule has 4 rings (SSSR count). The van der Waals surface area contributed by atoms with Crippen molar-refractivity contribution in [3.63, 3.8) is 0 Å². The number of para-hydroxylation sites is 2. The second kappa shape index (κ2) is 11.1. The zero-order valence-electron chi connectivity index (χ0n) is 20.1. The van der Waals surface area contributed by atoms with Crippen molar-refractivity contribution in [3.8, 4) is 0 Å². The Morgan fingerprint density at radius 2 is 1.87 bits per heavy atom. The maximum atomic E-state index is 15.2. The molecule has 0 aliphatic rings. The first-order valence-electron chi connectivity index (χ1n) is 11.4. The second-order valence-electron chi connectivity index (χ2n) is 7.98. The largest absolute Gasteiger partial charge is 0.465 e. The number of fused-ring (bicyclic) bond motifs is 1. The highest BCUT2D eigenvalue weighted by Crippen LogP contribution is 2.36. The number of anilines is 2. The lowest BCUT2D eigenvalue weighted by Crippen LogP contribution is -2.45. The molecule has 2 aromatic heterocycles. The SMILES string of the molecule is CCOC(=O)CNC(=O)C(c1c[nH]c2ccccc12)N(C(=O)c1snc(C(N)=O)c1N)c1ccccc1F. The average molecular weight is 539 g/mol. The van der Waals surface area contributed by atoms with Gasteiger partial charge in [-0.15, -0.1) is 0 Å². The number of H-pyrrole nitrogens is 1. The molecule has 0 radical (unpaired) electrons. The predicted octanol–water partition coefficient (Wildman–Crippen LogP) is 2.51. The van der Waals surface area contributed by atoms with Gasteiger partial charge in [0.05, 0.1) is 18.0 Å². The molecule has 2 aromatic carbocycles. The van der Waals surface area contributed by atoms with Gasteiger partial charge in [-0.3, -0.25) is 24.1 Å². The van der Waals surface area contributed by atoms with Gasteiger partial charge in [0, 0.05) is 22.7 Å². The molecule has 1 atom stereocenters. The van der Waals surface area contributed by atoms with E-state index in [1.807, 2.05) is 0 Å². The molecule has 0 bridgehead atoms. The Kier molecular flexibility index (Phi) is 7.67. The van der Waals surface area contributed by atoms with Crippen molar-refractivity contribution in [1.29, 1.82) is 0 Å². The number of amides is 3. The highest BCUT2D eigenvalue weighted by Gasteiger charge is 2.38. The van der Waals surface area contributed by atoms with Gasteiger partial charge >= 0.3 is 5.97 Å². The van der Waals surface area contributed by atoms with Crippen LogP contribution in [0.5, 0.6) is 0 Å². The summed E-state index contributed by atoms with van der Waals surface area (Å²) in [6.45, 7) is 1.24. The molecule has 13 heteroatoms. The number of nitrogens with two attached hydrogens (primary N) is 2. The molecule has 0 saturated heterocycles. The van der Waals surface area contributed by atoms with Crippen LogP contribution in [0.15, 0.2) is 54.7 Å². The van der Waals surface area contributed by atoms with Gasteiger partial charge in [0.15, 0.2) is 5.69 Å². The molecule has 38 heavy (non-hydrogen) atoms. The molecular formula is C25H23FN6O5S. The third kappa shape index (κ3) is 5.04. The zero-order valence-corrected chi connectivity index (χ0v) is 20.9. The van der Waals surface area contributed by atoms with E-state index in [-0.39, 0.29) is 28.6 Å². The molecule has 2 heterocycles. The highest BCUT2D eigenvalue weighted by atomic mass is 32.1. The van der Waals surface area contributed by atoms with E-state index in [1.54, 1.807) is 31.2 Å². The number of aromatic nitrogens is 2. The van der Waals surface area contributed by atoms with E-state index < -0.39 is 42.1 Å². The van der Waals surface area contributed by atoms with Crippen molar-refractivity contribution in [2.45, 2.75) is 13.0 Å². The zero-order chi connectivity index (χ0) is 27.4. The van der Waals surface area contributed by atoms with E-state index in [4.69, 9.17) is 16.2 Å². The Hall–Kier alpha value is -4.78. The van der Waals surface area contributed by atoms with Crippen LogP contribution < -0.4 is 21.7 Å². The van der Waals surface area contributed by atoms with E-state index in [0.717, 1.165) is 11.0 Å². The summed E-state index contributed by atoms with van der Waals surface area (Å²) in [4.78, 5) is 55.1. The normalized spacial score (nSPS) is 11.6. The number of hydrogen-bond donors (Lipinski definition) is 4.